The largest absolute Gasteiger partial charge is 0.378 e. The van der Waals surface area contributed by atoms with Crippen LogP contribution in [0.1, 0.15) is 43.6 Å². The number of hydrogen-bond donors (Lipinski definition) is 1. The predicted molar refractivity (Wildman–Crippen MR) is 131 cm³/mol. The molecule has 1 N–H and O–H groups in total. The third-order valence-electron chi connectivity index (χ3n) is 6.15. The predicted octanol–water partition coefficient (Wildman–Crippen LogP) is 3.26. The summed E-state index contributed by atoms with van der Waals surface area (Å²) in [5.74, 6) is -0.280. The molecule has 0 bridgehead atoms. The van der Waals surface area contributed by atoms with Crippen LogP contribution in [0.4, 0.5) is 5.69 Å². The second-order valence-electron chi connectivity index (χ2n) is 8.80. The van der Waals surface area contributed by atoms with Gasteiger partial charge in [0.15, 0.2) is 0 Å². The Labute approximate surface area is 197 Å². The molecule has 1 aliphatic heterocycles. The van der Waals surface area contributed by atoms with Gasteiger partial charge in [0.1, 0.15) is 0 Å². The van der Waals surface area contributed by atoms with E-state index in [1.165, 1.54) is 10.4 Å². The lowest BCUT2D eigenvalue weighted by molar-refractivity contribution is 0.0944. The summed E-state index contributed by atoms with van der Waals surface area (Å²) in [6, 6.07) is 14.9. The van der Waals surface area contributed by atoms with Gasteiger partial charge in [0.25, 0.3) is 5.91 Å². The van der Waals surface area contributed by atoms with Crippen LogP contribution < -0.4 is 10.2 Å². The second kappa shape index (κ2) is 10.7. The van der Waals surface area contributed by atoms with E-state index in [9.17, 15) is 13.2 Å². The third kappa shape index (κ3) is 5.75. The van der Waals surface area contributed by atoms with Gasteiger partial charge in [0.2, 0.25) is 10.0 Å². The molecule has 33 heavy (non-hydrogen) atoms. The molecule has 0 radical (unpaired) electrons. The van der Waals surface area contributed by atoms with E-state index in [0.29, 0.717) is 51.5 Å². The lowest BCUT2D eigenvalue weighted by atomic mass is 9.84. The Kier molecular flexibility index (Phi) is 8.15. The molecule has 1 fully saturated rings. The van der Waals surface area contributed by atoms with Gasteiger partial charge in [0.05, 0.1) is 23.7 Å². The standard InChI is InChI=1S/C25H35N3O4S/c1-5-28(6-2)33(30,31)21-12-13-23(27-14-16-32-17-15-27)22(18-21)24(29)26-19-25(3,4)20-10-8-7-9-11-20/h7-13,18H,5-6,14-17,19H2,1-4H3,(H,26,29). The Balaban J connectivity index is 1.93. The van der Waals surface area contributed by atoms with Crippen molar-refractivity contribution in [3.8, 4) is 0 Å². The summed E-state index contributed by atoms with van der Waals surface area (Å²) < 4.78 is 33.1. The normalized spacial score (nSPS) is 15.0. The average Bonchev–Trinajstić information content (AvgIpc) is 2.84. The maximum atomic E-state index is 13.4. The maximum absolute atomic E-state index is 13.4. The highest BCUT2D eigenvalue weighted by atomic mass is 32.2. The number of hydrogen-bond acceptors (Lipinski definition) is 5. The minimum atomic E-state index is -3.68. The number of sulfonamides is 1. The number of benzene rings is 2. The van der Waals surface area contributed by atoms with Crippen molar-refractivity contribution in [2.45, 2.75) is 38.0 Å². The van der Waals surface area contributed by atoms with Crippen LogP contribution in [0.25, 0.3) is 0 Å². The van der Waals surface area contributed by atoms with E-state index < -0.39 is 10.0 Å². The number of amides is 1. The smallest absolute Gasteiger partial charge is 0.253 e. The molecule has 2 aromatic rings. The van der Waals surface area contributed by atoms with Crippen LogP contribution in [-0.2, 0) is 20.2 Å². The first-order valence-electron chi connectivity index (χ1n) is 11.5. The van der Waals surface area contributed by atoms with Crippen molar-refractivity contribution in [2.75, 3.05) is 50.8 Å². The molecule has 0 aromatic heterocycles. The molecule has 8 heteroatoms. The first kappa shape index (κ1) is 25.2. The summed E-state index contributed by atoms with van der Waals surface area (Å²) in [5, 5.41) is 3.05. The number of carbonyl (C=O) groups is 1. The monoisotopic (exact) mass is 473 g/mol. The Morgan fingerprint density at radius 1 is 1.06 bits per heavy atom. The Morgan fingerprint density at radius 3 is 2.30 bits per heavy atom. The molecule has 3 rings (SSSR count). The fourth-order valence-electron chi connectivity index (χ4n) is 4.04. The van der Waals surface area contributed by atoms with Crippen molar-refractivity contribution >= 4 is 21.6 Å². The summed E-state index contributed by atoms with van der Waals surface area (Å²) >= 11 is 0. The van der Waals surface area contributed by atoms with Gasteiger partial charge < -0.3 is 15.0 Å². The lowest BCUT2D eigenvalue weighted by Crippen LogP contribution is -2.40. The van der Waals surface area contributed by atoms with Crippen LogP contribution >= 0.6 is 0 Å². The van der Waals surface area contributed by atoms with Gasteiger partial charge in [-0.1, -0.05) is 58.0 Å². The number of nitrogens with zero attached hydrogens (tertiary/aromatic N) is 2. The molecule has 1 heterocycles. The lowest BCUT2D eigenvalue weighted by Gasteiger charge is -2.31. The van der Waals surface area contributed by atoms with Crippen molar-refractivity contribution < 1.29 is 17.9 Å². The van der Waals surface area contributed by atoms with Crippen LogP contribution in [0.5, 0.6) is 0 Å². The number of morpholine rings is 1. The fourth-order valence-corrected chi connectivity index (χ4v) is 5.52. The topological polar surface area (TPSA) is 79.0 Å². The molecule has 0 atom stereocenters. The quantitative estimate of drug-likeness (QED) is 0.605. The van der Waals surface area contributed by atoms with Gasteiger partial charge in [-0.05, 0) is 23.8 Å². The second-order valence-corrected chi connectivity index (χ2v) is 10.7. The van der Waals surface area contributed by atoms with E-state index >= 15 is 0 Å². The van der Waals surface area contributed by atoms with Crippen LogP contribution in [-0.4, -0.2) is 64.6 Å². The minimum Gasteiger partial charge on any atom is -0.378 e. The van der Waals surface area contributed by atoms with E-state index in [-0.39, 0.29) is 16.2 Å². The van der Waals surface area contributed by atoms with Crippen molar-refractivity contribution in [3.63, 3.8) is 0 Å². The van der Waals surface area contributed by atoms with E-state index in [1.807, 2.05) is 44.2 Å². The molecule has 7 nitrogen and oxygen atoms in total. The van der Waals surface area contributed by atoms with Crippen molar-refractivity contribution in [1.29, 1.82) is 0 Å². The highest BCUT2D eigenvalue weighted by molar-refractivity contribution is 7.89. The molecular formula is C25H35N3O4S. The minimum absolute atomic E-state index is 0.135. The molecule has 1 aliphatic rings. The highest BCUT2D eigenvalue weighted by Gasteiger charge is 2.27. The number of anilines is 1. The molecule has 0 saturated carbocycles. The Bertz CT molecular complexity index is 1040. The van der Waals surface area contributed by atoms with Gasteiger partial charge >= 0.3 is 0 Å². The van der Waals surface area contributed by atoms with Crippen molar-refractivity contribution in [2.24, 2.45) is 0 Å². The zero-order chi connectivity index (χ0) is 24.1. The highest BCUT2D eigenvalue weighted by Crippen LogP contribution is 2.28. The number of carbonyl (C=O) groups excluding carboxylic acids is 1. The zero-order valence-corrected chi connectivity index (χ0v) is 20.8. The van der Waals surface area contributed by atoms with Crippen LogP contribution in [0.2, 0.25) is 0 Å². The maximum Gasteiger partial charge on any atom is 0.253 e. The third-order valence-corrected chi connectivity index (χ3v) is 8.20. The molecule has 2 aromatic carbocycles. The molecule has 0 aliphatic carbocycles. The van der Waals surface area contributed by atoms with Gasteiger partial charge in [-0.3, -0.25) is 4.79 Å². The van der Waals surface area contributed by atoms with Crippen molar-refractivity contribution in [1.82, 2.24) is 9.62 Å². The van der Waals surface area contributed by atoms with E-state index in [4.69, 9.17) is 4.74 Å². The van der Waals surface area contributed by atoms with Crippen LogP contribution in [0.3, 0.4) is 0 Å². The SMILES string of the molecule is CCN(CC)S(=O)(=O)c1ccc(N2CCOCC2)c(C(=O)NCC(C)(C)c2ccccc2)c1. The first-order chi connectivity index (χ1) is 15.7. The summed E-state index contributed by atoms with van der Waals surface area (Å²) in [6.45, 7) is 11.4. The van der Waals surface area contributed by atoms with E-state index in [1.54, 1.807) is 12.1 Å². The first-order valence-corrected chi connectivity index (χ1v) is 13.0. The Morgan fingerprint density at radius 2 is 1.70 bits per heavy atom. The van der Waals surface area contributed by atoms with Crippen LogP contribution in [0, 0.1) is 0 Å². The van der Waals surface area contributed by atoms with Gasteiger partial charge in [-0.2, -0.15) is 4.31 Å². The summed E-state index contributed by atoms with van der Waals surface area (Å²) in [5.41, 5.74) is 1.94. The van der Waals surface area contributed by atoms with Gasteiger partial charge in [0, 0.05) is 43.8 Å². The fraction of sp³-hybridized carbons (Fsp3) is 0.480. The number of nitrogens with one attached hydrogen (secondary N) is 1. The summed E-state index contributed by atoms with van der Waals surface area (Å²) in [7, 11) is -3.68. The van der Waals surface area contributed by atoms with E-state index in [0.717, 1.165) is 11.3 Å². The zero-order valence-electron chi connectivity index (χ0n) is 20.0. The molecule has 1 amide bonds. The average molecular weight is 474 g/mol. The van der Waals surface area contributed by atoms with E-state index in [2.05, 4.69) is 24.1 Å². The molecule has 180 valence electrons. The van der Waals surface area contributed by atoms with Gasteiger partial charge in [-0.25, -0.2) is 8.42 Å². The summed E-state index contributed by atoms with van der Waals surface area (Å²) in [6.07, 6.45) is 0. The molecule has 0 unspecified atom stereocenters. The van der Waals surface area contributed by atoms with Crippen molar-refractivity contribution in [3.05, 3.63) is 59.7 Å². The van der Waals surface area contributed by atoms with Gasteiger partial charge in [-0.15, -0.1) is 0 Å². The molecule has 1 saturated heterocycles. The Hall–Kier alpha value is -2.42. The number of ether oxygens (including phenoxy) is 1. The molecular weight excluding hydrogens is 438 g/mol. The van der Waals surface area contributed by atoms with Crippen LogP contribution in [0.15, 0.2) is 53.4 Å². The summed E-state index contributed by atoms with van der Waals surface area (Å²) in [4.78, 5) is 15.6. The molecule has 0 spiro atoms. The number of rotatable bonds is 9.